The van der Waals surface area contributed by atoms with Gasteiger partial charge in [-0.15, -0.1) is 11.3 Å². The van der Waals surface area contributed by atoms with Gasteiger partial charge in [0.1, 0.15) is 0 Å². The van der Waals surface area contributed by atoms with Crippen LogP contribution in [0.15, 0.2) is 194 Å². The molecule has 0 radical (unpaired) electrons. The number of para-hydroxylation sites is 2. The third-order valence-electron chi connectivity index (χ3n) is 10.8. The average Bonchev–Trinajstić information content (AvgIpc) is 3.77. The third kappa shape index (κ3) is 4.78. The Kier molecular flexibility index (Phi) is 6.76. The van der Waals surface area contributed by atoms with Crippen molar-refractivity contribution in [2.75, 3.05) is 4.90 Å². The summed E-state index contributed by atoms with van der Waals surface area (Å²) in [6.45, 7) is 0. The summed E-state index contributed by atoms with van der Waals surface area (Å²) in [5, 5.41) is 10.2. The highest BCUT2D eigenvalue weighted by Crippen LogP contribution is 2.44. The molecule has 11 aromatic rings. The minimum Gasteiger partial charge on any atom is -0.310 e. The SMILES string of the molecule is c1cc(-c2ccc(N(c3ccc4c(c3)sc3c5ccccc5ccc43)c3cccc4ccccc34)cc2)cc(-n2c3ccccc3c3ccccc32)c1. The van der Waals surface area contributed by atoms with Crippen LogP contribution in [0.5, 0.6) is 0 Å². The van der Waals surface area contributed by atoms with Crippen molar-refractivity contribution in [3.8, 4) is 16.8 Å². The smallest absolute Gasteiger partial charge is 0.0541 e. The van der Waals surface area contributed by atoms with Crippen LogP contribution in [0.1, 0.15) is 0 Å². The summed E-state index contributed by atoms with van der Waals surface area (Å²) in [4.78, 5) is 2.42. The molecule has 0 amide bonds. The van der Waals surface area contributed by atoms with Gasteiger partial charge in [0, 0.05) is 53.4 Å². The first-order valence-corrected chi connectivity index (χ1v) is 18.9. The highest BCUT2D eigenvalue weighted by atomic mass is 32.1. The van der Waals surface area contributed by atoms with E-state index in [1.165, 1.54) is 74.6 Å². The zero-order chi connectivity index (χ0) is 34.9. The van der Waals surface area contributed by atoms with Gasteiger partial charge in [0.05, 0.1) is 16.7 Å². The summed E-state index contributed by atoms with van der Waals surface area (Å²) in [5.74, 6) is 0. The van der Waals surface area contributed by atoms with Crippen LogP contribution in [0.25, 0.3) is 80.3 Å². The molecule has 0 spiro atoms. The molecule has 2 nitrogen and oxygen atoms in total. The Morgan fingerprint density at radius 3 is 1.75 bits per heavy atom. The fraction of sp³-hybridized carbons (Fsp3) is 0. The second kappa shape index (κ2) is 11.9. The molecule has 0 bridgehead atoms. The van der Waals surface area contributed by atoms with E-state index in [4.69, 9.17) is 0 Å². The van der Waals surface area contributed by atoms with Crippen LogP contribution in [0.4, 0.5) is 17.1 Å². The minimum atomic E-state index is 1.12. The summed E-state index contributed by atoms with van der Waals surface area (Å²) in [6, 6.07) is 70.9. The zero-order valence-corrected chi connectivity index (χ0v) is 29.6. The Morgan fingerprint density at radius 2 is 0.981 bits per heavy atom. The molecular formula is C50H32N2S. The van der Waals surface area contributed by atoms with Gasteiger partial charge in [0.15, 0.2) is 0 Å². The van der Waals surface area contributed by atoms with E-state index in [1.54, 1.807) is 0 Å². The first kappa shape index (κ1) is 30.0. The van der Waals surface area contributed by atoms with Crippen LogP contribution in [0.3, 0.4) is 0 Å². The van der Waals surface area contributed by atoms with E-state index in [-0.39, 0.29) is 0 Å². The molecular weight excluding hydrogens is 661 g/mol. The largest absolute Gasteiger partial charge is 0.310 e. The molecule has 248 valence electrons. The number of anilines is 3. The quantitative estimate of drug-likeness (QED) is 0.174. The molecule has 9 aromatic carbocycles. The van der Waals surface area contributed by atoms with Gasteiger partial charge in [-0.2, -0.15) is 0 Å². The fourth-order valence-electron chi connectivity index (χ4n) is 8.29. The molecule has 0 saturated carbocycles. The lowest BCUT2D eigenvalue weighted by molar-refractivity contribution is 1.18. The summed E-state index contributed by atoms with van der Waals surface area (Å²) in [7, 11) is 0. The maximum absolute atomic E-state index is 2.42. The molecule has 3 heteroatoms. The number of thiophene rings is 1. The van der Waals surface area contributed by atoms with Gasteiger partial charge in [-0.1, -0.05) is 140 Å². The Bertz CT molecular complexity index is 3130. The van der Waals surface area contributed by atoms with E-state index < -0.39 is 0 Å². The van der Waals surface area contributed by atoms with Crippen molar-refractivity contribution in [3.63, 3.8) is 0 Å². The first-order chi connectivity index (χ1) is 26.3. The molecule has 0 aliphatic rings. The molecule has 2 aromatic heterocycles. The monoisotopic (exact) mass is 692 g/mol. The van der Waals surface area contributed by atoms with Crippen molar-refractivity contribution in [3.05, 3.63) is 194 Å². The van der Waals surface area contributed by atoms with Gasteiger partial charge < -0.3 is 9.47 Å². The van der Waals surface area contributed by atoms with Gasteiger partial charge in [0.2, 0.25) is 0 Å². The number of rotatable bonds is 5. The fourth-order valence-corrected chi connectivity index (χ4v) is 9.56. The van der Waals surface area contributed by atoms with E-state index in [1.807, 2.05) is 11.3 Å². The second-order valence-corrected chi connectivity index (χ2v) is 14.8. The highest BCUT2D eigenvalue weighted by molar-refractivity contribution is 7.26. The summed E-state index contributed by atoms with van der Waals surface area (Å²) >= 11 is 1.89. The van der Waals surface area contributed by atoms with E-state index in [2.05, 4.69) is 204 Å². The van der Waals surface area contributed by atoms with Crippen molar-refractivity contribution in [2.24, 2.45) is 0 Å². The minimum absolute atomic E-state index is 1.12. The number of nitrogens with zero attached hydrogens (tertiary/aromatic N) is 2. The van der Waals surface area contributed by atoms with Crippen molar-refractivity contribution >= 4 is 91.9 Å². The van der Waals surface area contributed by atoms with Crippen molar-refractivity contribution in [2.45, 2.75) is 0 Å². The molecule has 0 aliphatic carbocycles. The van der Waals surface area contributed by atoms with Crippen molar-refractivity contribution < 1.29 is 0 Å². The van der Waals surface area contributed by atoms with Gasteiger partial charge in [0.25, 0.3) is 0 Å². The zero-order valence-electron chi connectivity index (χ0n) is 28.8. The maximum atomic E-state index is 2.42. The normalized spacial score (nSPS) is 11.8. The van der Waals surface area contributed by atoms with Crippen LogP contribution in [0.2, 0.25) is 0 Å². The Labute approximate surface area is 311 Å². The van der Waals surface area contributed by atoms with Gasteiger partial charge in [-0.25, -0.2) is 0 Å². The van der Waals surface area contributed by atoms with E-state index in [9.17, 15) is 0 Å². The molecule has 0 fully saturated rings. The van der Waals surface area contributed by atoms with E-state index >= 15 is 0 Å². The Morgan fingerprint density at radius 1 is 0.377 bits per heavy atom. The van der Waals surface area contributed by atoms with Crippen LogP contribution < -0.4 is 4.90 Å². The topological polar surface area (TPSA) is 8.17 Å². The molecule has 0 saturated heterocycles. The summed E-state index contributed by atoms with van der Waals surface area (Å²) in [5.41, 5.74) is 9.39. The van der Waals surface area contributed by atoms with Gasteiger partial charge in [-0.05, 0) is 81.9 Å². The second-order valence-electron chi connectivity index (χ2n) is 13.7. The average molecular weight is 693 g/mol. The van der Waals surface area contributed by atoms with Gasteiger partial charge >= 0.3 is 0 Å². The molecule has 53 heavy (non-hydrogen) atoms. The molecule has 11 rings (SSSR count). The number of hydrogen-bond donors (Lipinski definition) is 0. The Hall–Kier alpha value is -6.68. The summed E-state index contributed by atoms with van der Waals surface area (Å²) in [6.07, 6.45) is 0. The Balaban J connectivity index is 1.04. The highest BCUT2D eigenvalue weighted by Gasteiger charge is 2.18. The van der Waals surface area contributed by atoms with Gasteiger partial charge in [-0.3, -0.25) is 0 Å². The van der Waals surface area contributed by atoms with Crippen LogP contribution in [-0.4, -0.2) is 4.57 Å². The number of hydrogen-bond acceptors (Lipinski definition) is 2. The molecule has 2 heterocycles. The van der Waals surface area contributed by atoms with Crippen molar-refractivity contribution in [1.82, 2.24) is 4.57 Å². The number of fused-ring (bicyclic) bond motifs is 9. The predicted molar refractivity (Wildman–Crippen MR) is 229 cm³/mol. The number of aromatic nitrogens is 1. The third-order valence-corrected chi connectivity index (χ3v) is 12.0. The number of benzene rings is 9. The molecule has 0 atom stereocenters. The lowest BCUT2D eigenvalue weighted by atomic mass is 10.0. The maximum Gasteiger partial charge on any atom is 0.0541 e. The predicted octanol–water partition coefficient (Wildman–Crippen LogP) is 14.6. The van der Waals surface area contributed by atoms with E-state index in [0.717, 1.165) is 22.7 Å². The van der Waals surface area contributed by atoms with E-state index in [0.29, 0.717) is 0 Å². The molecule has 0 aliphatic heterocycles. The molecule has 0 unspecified atom stereocenters. The van der Waals surface area contributed by atoms with Crippen LogP contribution >= 0.6 is 11.3 Å². The lowest BCUT2D eigenvalue weighted by Crippen LogP contribution is -2.10. The standard InChI is InChI=1S/C50H32N2S/c1-3-16-40-34(11-1)13-10-22-46(40)51(39-28-30-44-45-29-25-35-12-2-4-17-41(35)50(45)53-49(44)32-39)37-26-23-33(24-27-37)36-14-9-15-38(31-36)52-47-20-7-5-18-42(47)43-19-6-8-21-48(43)52/h1-32H. The van der Waals surface area contributed by atoms with Crippen molar-refractivity contribution in [1.29, 1.82) is 0 Å². The molecule has 0 N–H and O–H groups in total. The first-order valence-electron chi connectivity index (χ1n) is 18.1. The van der Waals surface area contributed by atoms with Crippen LogP contribution in [-0.2, 0) is 0 Å². The lowest BCUT2D eigenvalue weighted by Gasteiger charge is -2.27. The summed E-state index contributed by atoms with van der Waals surface area (Å²) < 4.78 is 5.02. The van der Waals surface area contributed by atoms with Crippen LogP contribution in [0, 0.1) is 0 Å².